The van der Waals surface area contributed by atoms with Crippen molar-refractivity contribution in [2.45, 2.75) is 18.2 Å². The van der Waals surface area contributed by atoms with Crippen LogP contribution in [0.2, 0.25) is 0 Å². The minimum absolute atomic E-state index is 0.394. The summed E-state index contributed by atoms with van der Waals surface area (Å²) in [6.07, 6.45) is 0.958. The number of rotatable bonds is 2. The second-order valence-corrected chi connectivity index (χ2v) is 2.73. The predicted octanol–water partition coefficient (Wildman–Crippen LogP) is 2.39. The Labute approximate surface area is 71.2 Å². The molecule has 0 saturated heterocycles. The van der Waals surface area contributed by atoms with E-state index < -0.39 is 0 Å². The lowest BCUT2D eigenvalue weighted by molar-refractivity contribution is -0.140. The Kier molecular flexibility index (Phi) is 2.79. The van der Waals surface area contributed by atoms with Gasteiger partial charge in [0.1, 0.15) is 0 Å². The van der Waals surface area contributed by atoms with Crippen molar-refractivity contribution in [1.29, 1.82) is 0 Å². The van der Waals surface area contributed by atoms with Gasteiger partial charge in [-0.15, -0.1) is 12.6 Å². The van der Waals surface area contributed by atoms with Crippen molar-refractivity contribution in [3.8, 4) is 5.75 Å². The van der Waals surface area contributed by atoms with Crippen LogP contribution in [-0.4, -0.2) is 5.26 Å². The quantitative estimate of drug-likeness (QED) is 0.405. The lowest BCUT2D eigenvalue weighted by atomic mass is 10.2. The zero-order valence-electron chi connectivity index (χ0n) is 6.24. The van der Waals surface area contributed by atoms with E-state index in [9.17, 15) is 0 Å². The average Bonchev–Trinajstić information content (AvgIpc) is 2.04. The summed E-state index contributed by atoms with van der Waals surface area (Å²) in [6, 6.07) is 5.46. The van der Waals surface area contributed by atoms with Gasteiger partial charge in [0.2, 0.25) is 0 Å². The smallest absolute Gasteiger partial charge is 0.178 e. The molecule has 0 spiro atoms. The number of hydrogen-bond donors (Lipinski definition) is 2. The molecule has 0 aliphatic heterocycles. The van der Waals surface area contributed by atoms with E-state index >= 15 is 0 Å². The van der Waals surface area contributed by atoms with Gasteiger partial charge in [-0.25, -0.2) is 5.26 Å². The summed E-state index contributed by atoms with van der Waals surface area (Å²) >= 11 is 4.12. The van der Waals surface area contributed by atoms with Crippen molar-refractivity contribution < 1.29 is 10.1 Å². The molecular weight excluding hydrogens is 160 g/mol. The van der Waals surface area contributed by atoms with Gasteiger partial charge in [0.25, 0.3) is 0 Å². The molecule has 0 aromatic heterocycles. The first-order valence-corrected chi connectivity index (χ1v) is 3.86. The highest BCUT2D eigenvalue weighted by Crippen LogP contribution is 2.22. The largest absolute Gasteiger partial charge is 0.339 e. The molecule has 2 nitrogen and oxygen atoms in total. The minimum atomic E-state index is 0.394. The van der Waals surface area contributed by atoms with Crippen LogP contribution in [-0.2, 0) is 6.42 Å². The van der Waals surface area contributed by atoms with Gasteiger partial charge in [-0.2, -0.15) is 0 Å². The fourth-order valence-corrected chi connectivity index (χ4v) is 1.14. The van der Waals surface area contributed by atoms with E-state index in [0.29, 0.717) is 10.6 Å². The van der Waals surface area contributed by atoms with Crippen molar-refractivity contribution >= 4 is 12.6 Å². The summed E-state index contributed by atoms with van der Waals surface area (Å²) in [5.41, 5.74) is 1.18. The predicted molar refractivity (Wildman–Crippen MR) is 46.3 cm³/mol. The van der Waals surface area contributed by atoms with Crippen LogP contribution >= 0.6 is 12.6 Å². The third-order valence-electron chi connectivity index (χ3n) is 1.53. The maximum atomic E-state index is 8.33. The molecule has 60 valence electrons. The molecule has 0 unspecified atom stereocenters. The van der Waals surface area contributed by atoms with E-state index in [2.05, 4.69) is 24.4 Å². The molecule has 3 heteroatoms. The van der Waals surface area contributed by atoms with Crippen molar-refractivity contribution in [3.05, 3.63) is 23.8 Å². The van der Waals surface area contributed by atoms with Crippen molar-refractivity contribution in [3.63, 3.8) is 0 Å². The molecule has 1 rings (SSSR count). The summed E-state index contributed by atoms with van der Waals surface area (Å²) in [6.45, 7) is 2.06. The first kappa shape index (κ1) is 8.43. The Hall–Kier alpha value is -0.670. The van der Waals surface area contributed by atoms with Gasteiger partial charge in [0.15, 0.2) is 5.75 Å². The lowest BCUT2D eigenvalue weighted by Crippen LogP contribution is -1.87. The van der Waals surface area contributed by atoms with Crippen LogP contribution in [0.5, 0.6) is 5.75 Å². The SMILES string of the molecule is CCc1ccc(OO)c(S)c1. The van der Waals surface area contributed by atoms with Crippen molar-refractivity contribution in [2.75, 3.05) is 0 Å². The number of thiol groups is 1. The molecule has 1 N–H and O–H groups in total. The zero-order valence-corrected chi connectivity index (χ0v) is 7.14. The van der Waals surface area contributed by atoms with Gasteiger partial charge < -0.3 is 4.89 Å². The summed E-state index contributed by atoms with van der Waals surface area (Å²) in [5.74, 6) is 0.394. The van der Waals surface area contributed by atoms with Crippen LogP contribution in [0, 0.1) is 0 Å². The monoisotopic (exact) mass is 170 g/mol. The molecule has 0 saturated carbocycles. The van der Waals surface area contributed by atoms with Gasteiger partial charge in [0, 0.05) is 0 Å². The molecule has 0 aliphatic carbocycles. The van der Waals surface area contributed by atoms with Crippen molar-refractivity contribution in [1.82, 2.24) is 0 Å². The second-order valence-electron chi connectivity index (χ2n) is 2.25. The first-order valence-electron chi connectivity index (χ1n) is 3.41. The molecule has 0 atom stereocenters. The number of hydrogen-bond acceptors (Lipinski definition) is 3. The van der Waals surface area contributed by atoms with Crippen molar-refractivity contribution in [2.24, 2.45) is 0 Å². The van der Waals surface area contributed by atoms with Gasteiger partial charge in [0.05, 0.1) is 4.90 Å². The van der Waals surface area contributed by atoms with Crippen LogP contribution < -0.4 is 4.89 Å². The second kappa shape index (κ2) is 3.64. The third-order valence-corrected chi connectivity index (χ3v) is 1.88. The van der Waals surface area contributed by atoms with E-state index in [1.54, 1.807) is 6.07 Å². The highest BCUT2D eigenvalue weighted by molar-refractivity contribution is 7.80. The minimum Gasteiger partial charge on any atom is -0.339 e. The van der Waals surface area contributed by atoms with E-state index in [1.807, 2.05) is 12.1 Å². The maximum Gasteiger partial charge on any atom is 0.178 e. The zero-order chi connectivity index (χ0) is 8.27. The molecule has 0 amide bonds. The number of benzene rings is 1. The Morgan fingerprint density at radius 2 is 2.27 bits per heavy atom. The molecule has 0 heterocycles. The molecular formula is C8H10O2S. The maximum absolute atomic E-state index is 8.33. The number of aryl methyl sites for hydroxylation is 1. The highest BCUT2D eigenvalue weighted by Gasteiger charge is 1.99. The van der Waals surface area contributed by atoms with Gasteiger partial charge in [-0.05, 0) is 24.1 Å². The first-order chi connectivity index (χ1) is 5.27. The van der Waals surface area contributed by atoms with Crippen LogP contribution in [0.25, 0.3) is 0 Å². The van der Waals surface area contributed by atoms with Crippen LogP contribution in [0.4, 0.5) is 0 Å². The lowest BCUT2D eigenvalue weighted by Gasteiger charge is -2.02. The fraction of sp³-hybridized carbons (Fsp3) is 0.250. The molecule has 11 heavy (non-hydrogen) atoms. The van der Waals surface area contributed by atoms with E-state index in [4.69, 9.17) is 5.26 Å². The highest BCUT2D eigenvalue weighted by atomic mass is 32.1. The van der Waals surface area contributed by atoms with Gasteiger partial charge in [-0.3, -0.25) is 0 Å². The molecule has 0 aliphatic rings. The summed E-state index contributed by atoms with van der Waals surface area (Å²) in [7, 11) is 0. The third kappa shape index (κ3) is 1.88. The molecule has 1 aromatic rings. The Balaban J connectivity index is 2.99. The topological polar surface area (TPSA) is 29.5 Å². The summed E-state index contributed by atoms with van der Waals surface area (Å²) in [4.78, 5) is 4.73. The Morgan fingerprint density at radius 1 is 1.55 bits per heavy atom. The van der Waals surface area contributed by atoms with Crippen LogP contribution in [0.1, 0.15) is 12.5 Å². The average molecular weight is 170 g/mol. The van der Waals surface area contributed by atoms with E-state index in [1.165, 1.54) is 5.56 Å². The summed E-state index contributed by atoms with van der Waals surface area (Å²) in [5, 5.41) is 8.33. The molecule has 0 fully saturated rings. The normalized spacial score (nSPS) is 9.73. The fourth-order valence-electron chi connectivity index (χ4n) is 0.860. The standard InChI is InChI=1S/C8H10O2S/c1-2-6-3-4-7(10-9)8(11)5-6/h3-5,9,11H,2H2,1H3. The van der Waals surface area contributed by atoms with E-state index in [0.717, 1.165) is 6.42 Å². The van der Waals surface area contributed by atoms with Gasteiger partial charge in [-0.1, -0.05) is 13.0 Å². The summed E-state index contributed by atoms with van der Waals surface area (Å²) < 4.78 is 0. The van der Waals surface area contributed by atoms with Crippen LogP contribution in [0.3, 0.4) is 0 Å². The molecule has 0 radical (unpaired) electrons. The molecule has 0 bridgehead atoms. The Bertz CT molecular complexity index is 248. The van der Waals surface area contributed by atoms with Gasteiger partial charge >= 0.3 is 0 Å². The Morgan fingerprint density at radius 3 is 2.73 bits per heavy atom. The van der Waals surface area contributed by atoms with Crippen LogP contribution in [0.15, 0.2) is 23.1 Å². The molecule has 1 aromatic carbocycles. The van der Waals surface area contributed by atoms with E-state index in [-0.39, 0.29) is 0 Å².